The fraction of sp³-hybridized carbons (Fsp3) is 0.370. The lowest BCUT2D eigenvalue weighted by molar-refractivity contribution is 0.617. The van der Waals surface area contributed by atoms with E-state index in [1.807, 2.05) is 167 Å². The lowest BCUT2D eigenvalue weighted by atomic mass is 9.92. The Kier molecular flexibility index (Phi) is 42.6. The minimum Gasteiger partial charge on any atom is -0.280 e. The number of aromatic nitrogens is 17. The number of hydrogen-bond donors (Lipinski definition) is 0. The first-order valence-electron chi connectivity index (χ1n) is 52.3. The fourth-order valence-electron chi connectivity index (χ4n) is 18.4. The molecule has 0 spiro atoms. The normalized spacial score (nSPS) is 11.7. The Morgan fingerprint density at radius 2 is 0.600 bits per heavy atom. The maximum atomic E-state index is 13.2. The molecule has 17 aromatic rings. The zero-order valence-corrected chi connectivity index (χ0v) is 98.7. The summed E-state index contributed by atoms with van der Waals surface area (Å²) in [6, 6.07) is 71.4. The molecular formula is C127H159Cl4FN18. The van der Waals surface area contributed by atoms with Gasteiger partial charge in [0, 0.05) is 151 Å². The number of aryl methyl sites for hydroxylation is 14. The van der Waals surface area contributed by atoms with E-state index in [9.17, 15) is 4.39 Å². The van der Waals surface area contributed by atoms with Crippen LogP contribution in [0.25, 0.3) is 67.8 Å². The highest BCUT2D eigenvalue weighted by atomic mass is 35.5. The van der Waals surface area contributed by atoms with Gasteiger partial charge in [0.1, 0.15) is 5.82 Å². The molecule has 0 fully saturated rings. The van der Waals surface area contributed by atoms with E-state index < -0.39 is 0 Å². The first-order valence-corrected chi connectivity index (χ1v) is 53.8. The number of nitrogens with zero attached hydrogens (tertiary/aromatic N) is 18. The third-order valence-corrected chi connectivity index (χ3v) is 27.7. The Bertz CT molecular complexity index is 7110. The SMILES string of the molecule is CC1=C(C(C)C)C(c2ccc(Cl)cc2)=NC1.Cc1c(C(C)C)c(-c2cccc(Cl)c2)nn1C.Cc1c(C(C)C)c(-c2cncc(Cl)c2)nn1C.Cc1cc(C(C)C)n(-c2ccc(Cl)c(C)c2)n1.Cc1cc(C(C)C)n(-c2ccc(F)c(C)c2)n1.Cc1ccc(-c2nn(C)c(C)c2C(C)C)cc1.Cc1ccc(-c2nn(C)c(C)c2C(C)C)cc1.Cc1ccc(-n2nc(C)cc2C(C)C)cc1.Cc1cccc(-n2nc(C)cc2C(C)C)c1. The first-order chi connectivity index (χ1) is 70.7. The van der Waals surface area contributed by atoms with Crippen molar-refractivity contribution < 1.29 is 4.39 Å². The molecule has 8 aromatic carbocycles. The highest BCUT2D eigenvalue weighted by Crippen LogP contribution is 2.38. The van der Waals surface area contributed by atoms with Gasteiger partial charge < -0.3 is 0 Å². The van der Waals surface area contributed by atoms with Gasteiger partial charge in [-0.1, -0.05) is 285 Å². The molecule has 792 valence electrons. The summed E-state index contributed by atoms with van der Waals surface area (Å²) in [5, 5.41) is 39.5. The molecule has 0 N–H and O–H groups in total. The van der Waals surface area contributed by atoms with Gasteiger partial charge in [-0.15, -0.1) is 0 Å². The maximum absolute atomic E-state index is 13.2. The molecule has 0 bridgehead atoms. The predicted molar refractivity (Wildman–Crippen MR) is 631 cm³/mol. The zero-order valence-electron chi connectivity index (χ0n) is 95.7. The van der Waals surface area contributed by atoms with Gasteiger partial charge >= 0.3 is 0 Å². The standard InChI is InChI=1S/2C15H20N2.2C14H17ClN2.C14H16ClN.C14H17FN2.2C14H18N2.C13H16ClN3/c2*1-10(2)14-12(4)17(5)16-15(14)13-8-6-11(3)7-9-13;1-9(2)14-8-11(4)16-17(14)12-5-6-13(15)10(3)7-12;1-9(2)13-10(3)17(4)16-14(13)11-6-5-7-12(15)8-11;1-9(2)13-10(3)8-16-14(13)11-4-6-12(15)7-5-11;1-9(2)14-8-11(4)16-17(14)12-5-6-13(15)10(3)7-12;1-10(2)14-9-12(4)15-16(14)13-7-5-11(3)6-8-13;1-10(2)14-9-12(4)15-16(14)13-7-5-6-11(3)8-13;1-8(2)12-9(3)17(4)16-13(12)10-5-11(14)7-15-6-10/h2*6-10H,1-5H3;2*5-9H,1-4H3;4-7,9H,8H2,1-3H3;5-9H,1-4H3;2*5-10H,1-4H3;5-8H,1-4H3. The van der Waals surface area contributed by atoms with Crippen molar-refractivity contribution in [1.82, 2.24) is 83.2 Å². The molecule has 0 aliphatic carbocycles. The molecule has 0 amide bonds. The lowest BCUT2D eigenvalue weighted by Gasteiger charge is -2.12. The Labute approximate surface area is 913 Å². The maximum Gasteiger partial charge on any atom is 0.126 e. The summed E-state index contributed by atoms with van der Waals surface area (Å²) >= 11 is 24.0. The number of halogens is 5. The minimum absolute atomic E-state index is 0.177. The van der Waals surface area contributed by atoms with Gasteiger partial charge in [0.15, 0.2) is 0 Å². The van der Waals surface area contributed by atoms with Crippen LogP contribution >= 0.6 is 46.4 Å². The molecule has 9 aromatic heterocycles. The average Bonchev–Trinajstić information content (AvgIpc) is 1.63. The summed E-state index contributed by atoms with van der Waals surface area (Å²) < 4.78 is 29.0. The van der Waals surface area contributed by atoms with E-state index in [1.165, 1.54) is 118 Å². The van der Waals surface area contributed by atoms with Crippen molar-refractivity contribution in [2.45, 2.75) is 276 Å². The Hall–Kier alpha value is -12.9. The number of hydrogen-bond acceptors (Lipinski definition) is 10. The summed E-state index contributed by atoms with van der Waals surface area (Å²) in [5.74, 6) is 4.05. The van der Waals surface area contributed by atoms with Crippen molar-refractivity contribution in [3.8, 4) is 67.8 Å². The van der Waals surface area contributed by atoms with Crippen molar-refractivity contribution in [1.29, 1.82) is 0 Å². The van der Waals surface area contributed by atoms with E-state index in [4.69, 9.17) is 46.4 Å². The first kappa shape index (κ1) is 119. The van der Waals surface area contributed by atoms with Crippen molar-refractivity contribution in [3.05, 3.63) is 391 Å². The third-order valence-electron chi connectivity index (χ3n) is 26.5. The summed E-state index contributed by atoms with van der Waals surface area (Å²) in [6.07, 6.45) is 3.44. The van der Waals surface area contributed by atoms with Gasteiger partial charge in [0.2, 0.25) is 0 Å². The van der Waals surface area contributed by atoms with Gasteiger partial charge in [-0.3, -0.25) is 28.7 Å². The van der Waals surface area contributed by atoms with Crippen LogP contribution < -0.4 is 0 Å². The second-order valence-electron chi connectivity index (χ2n) is 42.3. The number of benzene rings is 8. The van der Waals surface area contributed by atoms with Crippen LogP contribution in [0.5, 0.6) is 0 Å². The Balaban J connectivity index is 0.000000172. The van der Waals surface area contributed by atoms with Crippen molar-refractivity contribution >= 4 is 52.1 Å². The largest absolute Gasteiger partial charge is 0.280 e. The van der Waals surface area contributed by atoms with Crippen LogP contribution in [0, 0.1) is 109 Å². The van der Waals surface area contributed by atoms with Gasteiger partial charge in [0.25, 0.3) is 0 Å². The fourth-order valence-corrected chi connectivity index (χ4v) is 19.0. The summed E-state index contributed by atoms with van der Waals surface area (Å²) in [6.45, 7) is 71.2. The highest BCUT2D eigenvalue weighted by molar-refractivity contribution is 6.32. The molecule has 1 aliphatic heterocycles. The molecule has 0 atom stereocenters. The molecule has 10 heterocycles. The van der Waals surface area contributed by atoms with Crippen molar-refractivity contribution in [2.24, 2.45) is 39.1 Å². The van der Waals surface area contributed by atoms with Crippen LogP contribution in [-0.4, -0.2) is 95.5 Å². The molecular weight excluding hydrogens is 1940 g/mol. The summed E-state index contributed by atoms with van der Waals surface area (Å²) in [5.41, 5.74) is 44.2. The molecule has 0 saturated heterocycles. The van der Waals surface area contributed by atoms with Crippen LogP contribution in [0.3, 0.4) is 0 Å². The van der Waals surface area contributed by atoms with Crippen LogP contribution in [0.1, 0.15) is 308 Å². The molecule has 18 nitrogen and oxygen atoms in total. The highest BCUT2D eigenvalue weighted by Gasteiger charge is 2.26. The van der Waals surface area contributed by atoms with Gasteiger partial charge in [-0.05, 0) is 300 Å². The number of aliphatic imine (C=N–C) groups is 1. The van der Waals surface area contributed by atoms with E-state index in [0.29, 0.717) is 63.8 Å². The van der Waals surface area contributed by atoms with E-state index in [-0.39, 0.29) is 5.82 Å². The van der Waals surface area contributed by atoms with Gasteiger partial charge in [-0.25, -0.2) is 23.1 Å². The lowest BCUT2D eigenvalue weighted by Crippen LogP contribution is -2.08. The number of allylic oxidation sites excluding steroid dienone is 1. The summed E-state index contributed by atoms with van der Waals surface area (Å²) in [7, 11) is 7.97. The Morgan fingerprint density at radius 1 is 0.267 bits per heavy atom. The zero-order chi connectivity index (χ0) is 111. The van der Waals surface area contributed by atoms with E-state index in [2.05, 4.69) is 371 Å². The van der Waals surface area contributed by atoms with E-state index in [1.54, 1.807) is 25.4 Å². The third kappa shape index (κ3) is 31.0. The molecule has 0 saturated carbocycles. The second kappa shape index (κ2) is 53.7. The van der Waals surface area contributed by atoms with E-state index in [0.717, 1.165) is 118 Å². The average molecular weight is 2100 g/mol. The smallest absolute Gasteiger partial charge is 0.126 e. The van der Waals surface area contributed by atoms with Crippen molar-refractivity contribution in [3.63, 3.8) is 0 Å². The summed E-state index contributed by atoms with van der Waals surface area (Å²) in [4.78, 5) is 8.74. The van der Waals surface area contributed by atoms with Gasteiger partial charge in [0.05, 0.1) is 85.6 Å². The van der Waals surface area contributed by atoms with E-state index >= 15 is 0 Å². The number of pyridine rings is 1. The topological polar surface area (TPSA) is 168 Å². The molecule has 18 rings (SSSR count). The van der Waals surface area contributed by atoms with Crippen LogP contribution in [0.15, 0.2) is 241 Å². The van der Waals surface area contributed by atoms with Crippen LogP contribution in [0.2, 0.25) is 20.1 Å². The van der Waals surface area contributed by atoms with Gasteiger partial charge in [-0.2, -0.15) is 40.8 Å². The van der Waals surface area contributed by atoms with Crippen LogP contribution in [0.4, 0.5) is 4.39 Å². The van der Waals surface area contributed by atoms with Crippen LogP contribution in [-0.2, 0) is 28.2 Å². The number of rotatable bonds is 18. The monoisotopic (exact) mass is 2100 g/mol. The molecule has 0 radical (unpaired) electrons. The molecule has 150 heavy (non-hydrogen) atoms. The molecule has 0 unspecified atom stereocenters. The quantitative estimate of drug-likeness (QED) is 0.0812. The molecule has 1 aliphatic rings. The minimum atomic E-state index is -0.177. The van der Waals surface area contributed by atoms with Crippen molar-refractivity contribution in [2.75, 3.05) is 6.54 Å². The Morgan fingerprint density at radius 3 is 0.953 bits per heavy atom. The predicted octanol–water partition coefficient (Wildman–Crippen LogP) is 34.8. The molecule has 23 heteroatoms. The second-order valence-corrected chi connectivity index (χ2v) is 44.0.